The standard InChI is InChI=1S/C21H18ClN3O2/c22-17-9-4-8-16(14-17)20-23-21(27-24-20)18-10-5-13-25(18)19(26)12-11-15-6-2-1-3-7-15/h1-4,6-9,11-12,14,18H,5,10,13H2. The van der Waals surface area contributed by atoms with Crippen molar-refractivity contribution in [3.05, 3.63) is 77.2 Å². The van der Waals surface area contributed by atoms with E-state index in [9.17, 15) is 4.79 Å². The normalized spacial score (nSPS) is 16.9. The van der Waals surface area contributed by atoms with Crippen molar-refractivity contribution in [2.45, 2.75) is 18.9 Å². The summed E-state index contributed by atoms with van der Waals surface area (Å²) in [7, 11) is 0. The van der Waals surface area contributed by atoms with Crippen LogP contribution in [0.25, 0.3) is 17.5 Å². The summed E-state index contributed by atoms with van der Waals surface area (Å²) in [5.41, 5.74) is 1.78. The summed E-state index contributed by atoms with van der Waals surface area (Å²) in [6.45, 7) is 0.678. The number of amides is 1. The first-order valence-electron chi connectivity index (χ1n) is 8.84. The predicted octanol–water partition coefficient (Wildman–Crippen LogP) is 4.77. The van der Waals surface area contributed by atoms with E-state index in [4.69, 9.17) is 16.1 Å². The highest BCUT2D eigenvalue weighted by Gasteiger charge is 2.33. The summed E-state index contributed by atoms with van der Waals surface area (Å²) in [4.78, 5) is 18.9. The van der Waals surface area contributed by atoms with Gasteiger partial charge in [-0.05, 0) is 36.6 Å². The second kappa shape index (κ2) is 7.76. The van der Waals surface area contributed by atoms with Crippen LogP contribution in [0.1, 0.15) is 30.3 Å². The Balaban J connectivity index is 1.52. The highest BCUT2D eigenvalue weighted by Crippen LogP contribution is 2.32. The summed E-state index contributed by atoms with van der Waals surface area (Å²) in [6.07, 6.45) is 5.14. The van der Waals surface area contributed by atoms with Crippen LogP contribution in [-0.4, -0.2) is 27.5 Å². The molecule has 0 radical (unpaired) electrons. The van der Waals surface area contributed by atoms with E-state index in [1.807, 2.05) is 48.5 Å². The fourth-order valence-corrected chi connectivity index (χ4v) is 3.42. The summed E-state index contributed by atoms with van der Waals surface area (Å²) in [5, 5.41) is 4.67. The van der Waals surface area contributed by atoms with Crippen molar-refractivity contribution in [2.24, 2.45) is 0 Å². The Bertz CT molecular complexity index is 968. The molecule has 1 aliphatic heterocycles. The van der Waals surface area contributed by atoms with Gasteiger partial charge < -0.3 is 9.42 Å². The van der Waals surface area contributed by atoms with Crippen molar-refractivity contribution in [2.75, 3.05) is 6.54 Å². The molecule has 1 amide bonds. The molecular weight excluding hydrogens is 362 g/mol. The molecule has 4 rings (SSSR count). The SMILES string of the molecule is O=C(C=Cc1ccccc1)N1CCCC1c1nc(-c2cccc(Cl)c2)no1. The summed E-state index contributed by atoms with van der Waals surface area (Å²) in [5.74, 6) is 0.888. The van der Waals surface area contributed by atoms with Crippen molar-refractivity contribution in [3.8, 4) is 11.4 Å². The largest absolute Gasteiger partial charge is 0.337 e. The lowest BCUT2D eigenvalue weighted by molar-refractivity contribution is -0.127. The number of carbonyl (C=O) groups is 1. The summed E-state index contributed by atoms with van der Waals surface area (Å²) < 4.78 is 5.46. The zero-order valence-corrected chi connectivity index (χ0v) is 15.3. The zero-order chi connectivity index (χ0) is 18.6. The van der Waals surface area contributed by atoms with Crippen LogP contribution in [-0.2, 0) is 4.79 Å². The molecule has 2 heterocycles. The van der Waals surface area contributed by atoms with E-state index in [1.54, 1.807) is 23.1 Å². The minimum atomic E-state index is -0.196. The fourth-order valence-electron chi connectivity index (χ4n) is 3.23. The second-order valence-electron chi connectivity index (χ2n) is 6.40. The lowest BCUT2D eigenvalue weighted by atomic mass is 10.2. The minimum absolute atomic E-state index is 0.0520. The number of halogens is 1. The Labute approximate surface area is 162 Å². The summed E-state index contributed by atoms with van der Waals surface area (Å²) >= 11 is 6.03. The molecule has 6 heteroatoms. The van der Waals surface area contributed by atoms with Gasteiger partial charge in [-0.25, -0.2) is 0 Å². The number of hydrogen-bond donors (Lipinski definition) is 0. The van der Waals surface area contributed by atoms with Gasteiger partial charge >= 0.3 is 0 Å². The van der Waals surface area contributed by atoms with Crippen molar-refractivity contribution in [1.29, 1.82) is 0 Å². The Kier molecular flexibility index (Phi) is 5.03. The minimum Gasteiger partial charge on any atom is -0.337 e. The molecule has 0 N–H and O–H groups in total. The van der Waals surface area contributed by atoms with Gasteiger partial charge in [0.1, 0.15) is 6.04 Å². The number of likely N-dealkylation sites (tertiary alicyclic amines) is 1. The Morgan fingerprint density at radius 3 is 2.85 bits per heavy atom. The fraction of sp³-hybridized carbons (Fsp3) is 0.190. The highest BCUT2D eigenvalue weighted by atomic mass is 35.5. The number of aromatic nitrogens is 2. The molecule has 0 bridgehead atoms. The Hall–Kier alpha value is -2.92. The molecule has 27 heavy (non-hydrogen) atoms. The van der Waals surface area contributed by atoms with Crippen molar-refractivity contribution < 1.29 is 9.32 Å². The summed E-state index contributed by atoms with van der Waals surface area (Å²) in [6, 6.07) is 16.9. The third kappa shape index (κ3) is 3.93. The number of rotatable bonds is 4. The first-order valence-corrected chi connectivity index (χ1v) is 9.22. The van der Waals surface area contributed by atoms with Crippen LogP contribution in [0, 0.1) is 0 Å². The molecule has 0 spiro atoms. The molecule has 1 aromatic heterocycles. The molecule has 3 aromatic rings. The number of carbonyl (C=O) groups excluding carboxylic acids is 1. The third-order valence-corrected chi connectivity index (χ3v) is 4.80. The van der Waals surface area contributed by atoms with E-state index >= 15 is 0 Å². The van der Waals surface area contributed by atoms with E-state index in [0.717, 1.165) is 24.0 Å². The number of hydrogen-bond acceptors (Lipinski definition) is 4. The van der Waals surface area contributed by atoms with E-state index in [2.05, 4.69) is 10.1 Å². The predicted molar refractivity (Wildman–Crippen MR) is 104 cm³/mol. The van der Waals surface area contributed by atoms with Crippen LogP contribution in [0.3, 0.4) is 0 Å². The number of benzene rings is 2. The Morgan fingerprint density at radius 2 is 2.04 bits per heavy atom. The maximum Gasteiger partial charge on any atom is 0.249 e. The lowest BCUT2D eigenvalue weighted by Gasteiger charge is -2.20. The second-order valence-corrected chi connectivity index (χ2v) is 6.84. The molecule has 1 saturated heterocycles. The molecule has 1 aliphatic rings. The van der Waals surface area contributed by atoms with E-state index < -0.39 is 0 Å². The van der Waals surface area contributed by atoms with Crippen molar-refractivity contribution >= 4 is 23.6 Å². The smallest absolute Gasteiger partial charge is 0.249 e. The topological polar surface area (TPSA) is 59.2 Å². The molecule has 0 saturated carbocycles. The first kappa shape index (κ1) is 17.5. The van der Waals surface area contributed by atoms with Crippen LogP contribution in [0.2, 0.25) is 5.02 Å². The molecule has 5 nitrogen and oxygen atoms in total. The zero-order valence-electron chi connectivity index (χ0n) is 14.6. The van der Waals surface area contributed by atoms with Gasteiger partial charge in [0.05, 0.1) is 0 Å². The highest BCUT2D eigenvalue weighted by molar-refractivity contribution is 6.30. The molecule has 2 aromatic carbocycles. The van der Waals surface area contributed by atoms with Gasteiger partial charge in [-0.2, -0.15) is 4.98 Å². The van der Waals surface area contributed by atoms with Gasteiger partial charge in [0, 0.05) is 23.2 Å². The van der Waals surface area contributed by atoms with E-state index in [1.165, 1.54) is 0 Å². The lowest BCUT2D eigenvalue weighted by Crippen LogP contribution is -2.29. The maximum absolute atomic E-state index is 12.7. The molecule has 1 unspecified atom stereocenters. The van der Waals surface area contributed by atoms with Crippen LogP contribution in [0.15, 0.2) is 65.2 Å². The molecule has 0 aliphatic carbocycles. The van der Waals surface area contributed by atoms with Gasteiger partial charge in [-0.15, -0.1) is 0 Å². The maximum atomic E-state index is 12.7. The monoisotopic (exact) mass is 379 g/mol. The average Bonchev–Trinajstić information content (AvgIpc) is 3.36. The average molecular weight is 380 g/mol. The molecule has 1 fully saturated rings. The van der Waals surface area contributed by atoms with E-state index in [0.29, 0.717) is 23.3 Å². The molecule has 1 atom stereocenters. The third-order valence-electron chi connectivity index (χ3n) is 4.56. The number of nitrogens with zero attached hydrogens (tertiary/aromatic N) is 3. The van der Waals surface area contributed by atoms with E-state index in [-0.39, 0.29) is 11.9 Å². The molecular formula is C21H18ClN3O2. The first-order chi connectivity index (χ1) is 13.2. The molecule has 136 valence electrons. The van der Waals surface area contributed by atoms with Gasteiger partial charge in [0.2, 0.25) is 17.6 Å². The van der Waals surface area contributed by atoms with Gasteiger partial charge in [0.15, 0.2) is 0 Å². The van der Waals surface area contributed by atoms with Crippen LogP contribution < -0.4 is 0 Å². The van der Waals surface area contributed by atoms with Gasteiger partial charge in [0.25, 0.3) is 0 Å². The Morgan fingerprint density at radius 1 is 1.19 bits per heavy atom. The van der Waals surface area contributed by atoms with Gasteiger partial charge in [-0.1, -0.05) is 59.2 Å². The van der Waals surface area contributed by atoms with Crippen LogP contribution >= 0.6 is 11.6 Å². The van der Waals surface area contributed by atoms with Crippen molar-refractivity contribution in [1.82, 2.24) is 15.0 Å². The van der Waals surface area contributed by atoms with Gasteiger partial charge in [-0.3, -0.25) is 4.79 Å². The van der Waals surface area contributed by atoms with Crippen LogP contribution in [0.5, 0.6) is 0 Å². The quantitative estimate of drug-likeness (QED) is 0.613. The van der Waals surface area contributed by atoms with Crippen LogP contribution in [0.4, 0.5) is 0 Å². The van der Waals surface area contributed by atoms with Crippen molar-refractivity contribution in [3.63, 3.8) is 0 Å².